The molecule has 30 heavy (non-hydrogen) atoms. The first-order chi connectivity index (χ1) is 14.5. The van der Waals surface area contributed by atoms with Crippen LogP contribution in [-0.4, -0.2) is 47.4 Å². The van der Waals surface area contributed by atoms with Crippen LogP contribution in [0.4, 0.5) is 11.4 Å². The molecule has 8 heteroatoms. The maximum atomic E-state index is 12.7. The van der Waals surface area contributed by atoms with E-state index in [0.717, 1.165) is 5.56 Å². The first-order valence-corrected chi connectivity index (χ1v) is 10.5. The number of hydrogen-bond donors (Lipinski definition) is 2. The minimum Gasteiger partial charge on any atom is -0.497 e. The summed E-state index contributed by atoms with van der Waals surface area (Å²) in [4.78, 5) is 38.0. The molecule has 1 heterocycles. The van der Waals surface area contributed by atoms with Crippen molar-refractivity contribution < 1.29 is 19.1 Å². The van der Waals surface area contributed by atoms with Gasteiger partial charge in [0, 0.05) is 30.1 Å². The number of carbonyl (C=O) groups is 3. The molecule has 1 aliphatic rings. The Bertz CT molecular complexity index is 942. The summed E-state index contributed by atoms with van der Waals surface area (Å²) in [6.45, 7) is 1.45. The molecule has 0 aromatic heterocycles. The van der Waals surface area contributed by atoms with E-state index in [1.54, 1.807) is 66.2 Å². The zero-order valence-electron chi connectivity index (χ0n) is 16.8. The van der Waals surface area contributed by atoms with Crippen LogP contribution in [-0.2, 0) is 14.4 Å². The summed E-state index contributed by atoms with van der Waals surface area (Å²) < 4.78 is 5.11. The third-order valence-corrected chi connectivity index (χ3v) is 5.49. The third-order valence-electron chi connectivity index (χ3n) is 4.48. The van der Waals surface area contributed by atoms with Crippen molar-refractivity contribution in [3.63, 3.8) is 0 Å². The van der Waals surface area contributed by atoms with Crippen LogP contribution in [0.2, 0.25) is 0 Å². The van der Waals surface area contributed by atoms with Crippen molar-refractivity contribution in [3.05, 3.63) is 60.2 Å². The highest BCUT2D eigenvalue weighted by Gasteiger charge is 2.33. The molecule has 2 N–H and O–H groups in total. The Morgan fingerprint density at radius 1 is 1.03 bits per heavy atom. The fourth-order valence-electron chi connectivity index (χ4n) is 2.92. The predicted octanol–water partition coefficient (Wildman–Crippen LogP) is 3.21. The topological polar surface area (TPSA) is 87.7 Å². The first-order valence-electron chi connectivity index (χ1n) is 9.35. The van der Waals surface area contributed by atoms with E-state index < -0.39 is 6.04 Å². The minimum absolute atomic E-state index is 0.140. The van der Waals surface area contributed by atoms with Crippen LogP contribution >= 0.6 is 11.8 Å². The van der Waals surface area contributed by atoms with E-state index in [9.17, 15) is 14.4 Å². The molecule has 1 aliphatic heterocycles. The molecule has 3 amide bonds. The summed E-state index contributed by atoms with van der Waals surface area (Å²) in [6.07, 6.45) is 3.16. The van der Waals surface area contributed by atoms with Crippen LogP contribution in [0.5, 0.6) is 5.75 Å². The van der Waals surface area contributed by atoms with E-state index in [-0.39, 0.29) is 17.7 Å². The highest BCUT2D eigenvalue weighted by Crippen LogP contribution is 2.23. The van der Waals surface area contributed by atoms with Crippen molar-refractivity contribution >= 4 is 46.9 Å². The van der Waals surface area contributed by atoms with E-state index >= 15 is 0 Å². The number of nitrogens with one attached hydrogen (secondary N) is 2. The average Bonchev–Trinajstić information content (AvgIpc) is 3.23. The number of carbonyl (C=O) groups excluding carboxylic acids is 3. The van der Waals surface area contributed by atoms with Gasteiger partial charge in [0.25, 0.3) is 0 Å². The molecule has 0 aliphatic carbocycles. The summed E-state index contributed by atoms with van der Waals surface area (Å²) in [5.41, 5.74) is 2.17. The zero-order chi connectivity index (χ0) is 21.5. The van der Waals surface area contributed by atoms with Gasteiger partial charge in [0.2, 0.25) is 17.7 Å². The Labute approximate surface area is 179 Å². The molecule has 156 valence electrons. The van der Waals surface area contributed by atoms with Gasteiger partial charge >= 0.3 is 0 Å². The normalized spacial score (nSPS) is 15.8. The van der Waals surface area contributed by atoms with Crippen molar-refractivity contribution in [1.29, 1.82) is 0 Å². The summed E-state index contributed by atoms with van der Waals surface area (Å²) in [6, 6.07) is 13.7. The van der Waals surface area contributed by atoms with Crippen LogP contribution in [0.3, 0.4) is 0 Å². The maximum absolute atomic E-state index is 12.7. The lowest BCUT2D eigenvalue weighted by Gasteiger charge is -2.21. The molecule has 0 radical (unpaired) electrons. The molecule has 3 rings (SSSR count). The van der Waals surface area contributed by atoms with Crippen molar-refractivity contribution in [2.75, 3.05) is 29.4 Å². The fourth-order valence-corrected chi connectivity index (χ4v) is 4.08. The molecule has 1 fully saturated rings. The van der Waals surface area contributed by atoms with Gasteiger partial charge in [-0.3, -0.25) is 14.4 Å². The molecule has 7 nitrogen and oxygen atoms in total. The van der Waals surface area contributed by atoms with Crippen LogP contribution in [0.1, 0.15) is 12.5 Å². The van der Waals surface area contributed by atoms with Gasteiger partial charge in [0.15, 0.2) is 0 Å². The second-order valence-corrected chi connectivity index (χ2v) is 7.68. The number of nitrogens with zero attached hydrogens (tertiary/aromatic N) is 1. The molecule has 0 spiro atoms. The molecule has 1 saturated heterocycles. The number of rotatable bonds is 6. The second kappa shape index (κ2) is 9.98. The summed E-state index contributed by atoms with van der Waals surface area (Å²) >= 11 is 1.54. The van der Waals surface area contributed by atoms with Crippen LogP contribution in [0, 0.1) is 0 Å². The van der Waals surface area contributed by atoms with Gasteiger partial charge < -0.3 is 20.3 Å². The van der Waals surface area contributed by atoms with Gasteiger partial charge in [0.1, 0.15) is 11.8 Å². The second-order valence-electron chi connectivity index (χ2n) is 6.68. The smallest absolute Gasteiger partial charge is 0.248 e. The number of anilines is 2. The van der Waals surface area contributed by atoms with Crippen LogP contribution in [0.15, 0.2) is 54.6 Å². The number of methoxy groups -OCH3 is 1. The average molecular weight is 426 g/mol. The van der Waals surface area contributed by atoms with E-state index in [0.29, 0.717) is 28.8 Å². The Morgan fingerprint density at radius 2 is 1.67 bits per heavy atom. The number of benzene rings is 2. The van der Waals surface area contributed by atoms with Crippen LogP contribution < -0.4 is 15.4 Å². The lowest BCUT2D eigenvalue weighted by atomic mass is 10.2. The minimum atomic E-state index is -0.531. The molecule has 1 unspecified atom stereocenters. The Kier molecular flexibility index (Phi) is 7.13. The SMILES string of the molecule is COc1ccc(NC(=O)C2CSCN2C(=O)/C=C/c2ccc(NC(C)=O)cc2)cc1. The summed E-state index contributed by atoms with van der Waals surface area (Å²) in [7, 11) is 1.58. The van der Waals surface area contributed by atoms with E-state index in [4.69, 9.17) is 4.74 Å². The van der Waals surface area contributed by atoms with E-state index in [1.807, 2.05) is 12.1 Å². The zero-order valence-corrected chi connectivity index (χ0v) is 17.6. The summed E-state index contributed by atoms with van der Waals surface area (Å²) in [5, 5.41) is 5.55. The number of thioether (sulfide) groups is 1. The monoisotopic (exact) mass is 425 g/mol. The van der Waals surface area contributed by atoms with Crippen molar-refractivity contribution in [2.45, 2.75) is 13.0 Å². The molecule has 0 saturated carbocycles. The predicted molar refractivity (Wildman–Crippen MR) is 119 cm³/mol. The molecule has 0 bridgehead atoms. The van der Waals surface area contributed by atoms with Crippen molar-refractivity contribution in [1.82, 2.24) is 4.90 Å². The Morgan fingerprint density at radius 3 is 2.30 bits per heavy atom. The van der Waals surface area contributed by atoms with E-state index in [1.165, 1.54) is 13.0 Å². The van der Waals surface area contributed by atoms with Gasteiger partial charge in [-0.05, 0) is 48.0 Å². The Hall–Kier alpha value is -3.26. The van der Waals surface area contributed by atoms with Gasteiger partial charge in [-0.1, -0.05) is 12.1 Å². The van der Waals surface area contributed by atoms with Crippen molar-refractivity contribution in [2.24, 2.45) is 0 Å². The van der Waals surface area contributed by atoms with Gasteiger partial charge in [-0.2, -0.15) is 0 Å². The Balaban J connectivity index is 1.60. The lowest BCUT2D eigenvalue weighted by Crippen LogP contribution is -2.43. The van der Waals surface area contributed by atoms with E-state index in [2.05, 4.69) is 10.6 Å². The molecule has 1 atom stereocenters. The molecular weight excluding hydrogens is 402 g/mol. The highest BCUT2D eigenvalue weighted by atomic mass is 32.2. The molecule has 2 aromatic carbocycles. The first kappa shape index (κ1) is 21.4. The fraction of sp³-hybridized carbons (Fsp3) is 0.227. The standard InChI is InChI=1S/C22H23N3O4S/c1-15(26)23-17-6-3-16(4-7-17)5-12-21(27)25-14-30-13-20(25)22(28)24-18-8-10-19(29-2)11-9-18/h3-12,20H,13-14H2,1-2H3,(H,23,26)(H,24,28)/b12-5+. The maximum Gasteiger partial charge on any atom is 0.248 e. The lowest BCUT2D eigenvalue weighted by molar-refractivity contribution is -0.132. The van der Waals surface area contributed by atoms with Gasteiger partial charge in [0.05, 0.1) is 13.0 Å². The van der Waals surface area contributed by atoms with Gasteiger partial charge in [-0.15, -0.1) is 11.8 Å². The molecular formula is C22H23N3O4S. The van der Waals surface area contributed by atoms with Gasteiger partial charge in [-0.25, -0.2) is 0 Å². The number of ether oxygens (including phenoxy) is 1. The largest absolute Gasteiger partial charge is 0.497 e. The molecule has 2 aromatic rings. The van der Waals surface area contributed by atoms with Crippen molar-refractivity contribution in [3.8, 4) is 5.75 Å². The number of amides is 3. The summed E-state index contributed by atoms with van der Waals surface area (Å²) in [5.74, 6) is 1.14. The quantitative estimate of drug-likeness (QED) is 0.694. The van der Waals surface area contributed by atoms with Crippen LogP contribution in [0.25, 0.3) is 6.08 Å². The number of hydrogen-bond acceptors (Lipinski definition) is 5. The highest BCUT2D eigenvalue weighted by molar-refractivity contribution is 7.99. The third kappa shape index (κ3) is 5.64.